The van der Waals surface area contributed by atoms with E-state index in [-0.39, 0.29) is 29.2 Å². The molecule has 0 spiro atoms. The lowest BCUT2D eigenvalue weighted by molar-refractivity contribution is -0.119. The number of nitrogens with one attached hydrogen (secondary N) is 2. The van der Waals surface area contributed by atoms with Crippen LogP contribution in [-0.2, 0) is 9.59 Å². The third-order valence-electron chi connectivity index (χ3n) is 3.47. The summed E-state index contributed by atoms with van der Waals surface area (Å²) in [6.07, 6.45) is 1.98. The molecule has 1 aromatic rings. The van der Waals surface area contributed by atoms with E-state index in [0.29, 0.717) is 12.8 Å². The zero-order valence-corrected chi connectivity index (χ0v) is 11.6. The van der Waals surface area contributed by atoms with Crippen molar-refractivity contribution in [2.24, 2.45) is 11.7 Å². The second kappa shape index (κ2) is 6.17. The Morgan fingerprint density at radius 3 is 2.19 bits per heavy atom. The first-order valence-electron chi connectivity index (χ1n) is 6.70. The van der Waals surface area contributed by atoms with Crippen LogP contribution in [0.4, 0.5) is 20.2 Å². The van der Waals surface area contributed by atoms with Crippen molar-refractivity contribution in [3.63, 3.8) is 0 Å². The molecule has 114 valence electrons. The SMILES string of the molecule is CC(=O)Nc1cc(F)c(F)cc1NC(=O)C1CCC(N)C1. The van der Waals surface area contributed by atoms with Gasteiger partial charge in [-0.25, -0.2) is 8.78 Å². The van der Waals surface area contributed by atoms with E-state index in [1.165, 1.54) is 6.92 Å². The number of carbonyl (C=O) groups excluding carboxylic acids is 2. The summed E-state index contributed by atoms with van der Waals surface area (Å²) in [5, 5.41) is 4.89. The van der Waals surface area contributed by atoms with E-state index in [2.05, 4.69) is 10.6 Å². The maximum atomic E-state index is 13.3. The first-order chi connectivity index (χ1) is 9.86. The Morgan fingerprint density at radius 2 is 1.71 bits per heavy atom. The third kappa shape index (κ3) is 3.75. The molecule has 1 fully saturated rings. The fraction of sp³-hybridized carbons (Fsp3) is 0.429. The van der Waals surface area contributed by atoms with Gasteiger partial charge in [0.25, 0.3) is 0 Å². The summed E-state index contributed by atoms with van der Waals surface area (Å²) in [7, 11) is 0. The molecule has 0 bridgehead atoms. The molecule has 7 heteroatoms. The van der Waals surface area contributed by atoms with Crippen molar-refractivity contribution in [1.82, 2.24) is 0 Å². The molecule has 0 heterocycles. The maximum Gasteiger partial charge on any atom is 0.227 e. The summed E-state index contributed by atoms with van der Waals surface area (Å²) in [6.45, 7) is 1.24. The molecule has 2 atom stereocenters. The van der Waals surface area contributed by atoms with Gasteiger partial charge in [0.1, 0.15) is 0 Å². The number of anilines is 2. The Balaban J connectivity index is 2.19. The van der Waals surface area contributed by atoms with Crippen molar-refractivity contribution in [2.75, 3.05) is 10.6 Å². The highest BCUT2D eigenvalue weighted by Gasteiger charge is 2.28. The zero-order valence-electron chi connectivity index (χ0n) is 11.6. The molecule has 4 N–H and O–H groups in total. The van der Waals surface area contributed by atoms with Crippen molar-refractivity contribution >= 4 is 23.2 Å². The second-order valence-electron chi connectivity index (χ2n) is 5.25. The number of halogens is 2. The van der Waals surface area contributed by atoms with Gasteiger partial charge in [0, 0.05) is 31.0 Å². The van der Waals surface area contributed by atoms with Crippen LogP contribution in [-0.4, -0.2) is 17.9 Å². The number of nitrogens with two attached hydrogens (primary N) is 1. The minimum atomic E-state index is -1.10. The van der Waals surface area contributed by atoms with E-state index < -0.39 is 17.5 Å². The molecule has 2 unspecified atom stereocenters. The van der Waals surface area contributed by atoms with Crippen LogP contribution in [0.15, 0.2) is 12.1 Å². The largest absolute Gasteiger partial charge is 0.328 e. The number of hydrogen-bond donors (Lipinski definition) is 3. The Kier molecular flexibility index (Phi) is 4.52. The minimum absolute atomic E-state index is 0.0134. The Hall–Kier alpha value is -2.02. The van der Waals surface area contributed by atoms with E-state index in [9.17, 15) is 18.4 Å². The average molecular weight is 297 g/mol. The van der Waals surface area contributed by atoms with Crippen molar-refractivity contribution < 1.29 is 18.4 Å². The first-order valence-corrected chi connectivity index (χ1v) is 6.70. The number of rotatable bonds is 3. The summed E-state index contributed by atoms with van der Waals surface area (Å²) in [5.74, 6) is -3.19. The fourth-order valence-electron chi connectivity index (χ4n) is 2.43. The van der Waals surface area contributed by atoms with E-state index in [4.69, 9.17) is 5.73 Å². The van der Waals surface area contributed by atoms with Crippen LogP contribution in [0.2, 0.25) is 0 Å². The third-order valence-corrected chi connectivity index (χ3v) is 3.47. The topological polar surface area (TPSA) is 84.2 Å². The molecule has 21 heavy (non-hydrogen) atoms. The first kappa shape index (κ1) is 15.4. The molecule has 0 aromatic heterocycles. The number of carbonyl (C=O) groups is 2. The van der Waals surface area contributed by atoms with E-state index in [0.717, 1.165) is 18.6 Å². The smallest absolute Gasteiger partial charge is 0.227 e. The normalized spacial score (nSPS) is 21.1. The molecule has 2 rings (SSSR count). The van der Waals surface area contributed by atoms with Crippen LogP contribution in [0, 0.1) is 17.6 Å². The molecule has 0 radical (unpaired) electrons. The average Bonchev–Trinajstić information content (AvgIpc) is 2.81. The van der Waals surface area contributed by atoms with Crippen LogP contribution in [0.3, 0.4) is 0 Å². The van der Waals surface area contributed by atoms with Crippen LogP contribution in [0.5, 0.6) is 0 Å². The molecule has 1 saturated carbocycles. The lowest BCUT2D eigenvalue weighted by Crippen LogP contribution is -2.24. The lowest BCUT2D eigenvalue weighted by atomic mass is 10.1. The van der Waals surface area contributed by atoms with Crippen LogP contribution in [0.1, 0.15) is 26.2 Å². The monoisotopic (exact) mass is 297 g/mol. The van der Waals surface area contributed by atoms with Crippen molar-refractivity contribution in [1.29, 1.82) is 0 Å². The fourth-order valence-corrected chi connectivity index (χ4v) is 2.43. The van der Waals surface area contributed by atoms with Crippen molar-refractivity contribution in [3.05, 3.63) is 23.8 Å². The lowest BCUT2D eigenvalue weighted by Gasteiger charge is -2.15. The van der Waals surface area contributed by atoms with Gasteiger partial charge in [-0.05, 0) is 19.3 Å². The number of benzene rings is 1. The Morgan fingerprint density at radius 1 is 1.14 bits per heavy atom. The van der Waals surface area contributed by atoms with E-state index in [1.807, 2.05) is 0 Å². The van der Waals surface area contributed by atoms with Crippen molar-refractivity contribution in [2.45, 2.75) is 32.2 Å². The van der Waals surface area contributed by atoms with Gasteiger partial charge >= 0.3 is 0 Å². The molecule has 5 nitrogen and oxygen atoms in total. The molecule has 0 saturated heterocycles. The standard InChI is InChI=1S/C14H17F2N3O2/c1-7(20)18-12-5-10(15)11(16)6-13(12)19-14(21)8-2-3-9(17)4-8/h5-6,8-9H,2-4,17H2,1H3,(H,18,20)(H,19,21). The molecular weight excluding hydrogens is 280 g/mol. The molecule has 2 amide bonds. The summed E-state index contributed by atoms with van der Waals surface area (Å²) in [6, 6.07) is 1.68. The summed E-state index contributed by atoms with van der Waals surface area (Å²) >= 11 is 0. The molecule has 1 aliphatic carbocycles. The quantitative estimate of drug-likeness (QED) is 0.797. The Labute approximate surface area is 120 Å². The van der Waals surface area contributed by atoms with E-state index in [1.54, 1.807) is 0 Å². The van der Waals surface area contributed by atoms with Crippen LogP contribution >= 0.6 is 0 Å². The summed E-state index contributed by atoms with van der Waals surface area (Å²) in [5.41, 5.74) is 5.81. The molecule has 1 aliphatic rings. The Bertz CT molecular complexity index is 578. The molecular formula is C14H17F2N3O2. The van der Waals surface area contributed by atoms with Crippen molar-refractivity contribution in [3.8, 4) is 0 Å². The van der Waals surface area contributed by atoms with Gasteiger partial charge in [-0.1, -0.05) is 0 Å². The predicted octanol–water partition coefficient (Wildman–Crippen LogP) is 1.99. The van der Waals surface area contributed by atoms with Gasteiger partial charge in [0.15, 0.2) is 11.6 Å². The minimum Gasteiger partial charge on any atom is -0.328 e. The molecule has 0 aliphatic heterocycles. The van der Waals surface area contributed by atoms with Crippen LogP contribution < -0.4 is 16.4 Å². The summed E-state index contributed by atoms with van der Waals surface area (Å²) < 4.78 is 26.6. The van der Waals surface area contributed by atoms with Gasteiger partial charge in [0.2, 0.25) is 11.8 Å². The molecule has 1 aromatic carbocycles. The predicted molar refractivity (Wildman–Crippen MR) is 74.6 cm³/mol. The van der Waals surface area contributed by atoms with Gasteiger partial charge < -0.3 is 16.4 Å². The van der Waals surface area contributed by atoms with Gasteiger partial charge in [-0.15, -0.1) is 0 Å². The zero-order chi connectivity index (χ0) is 15.6. The van der Waals surface area contributed by atoms with Gasteiger partial charge in [-0.3, -0.25) is 9.59 Å². The van der Waals surface area contributed by atoms with Crippen LogP contribution in [0.25, 0.3) is 0 Å². The number of amides is 2. The summed E-state index contributed by atoms with van der Waals surface area (Å²) in [4.78, 5) is 23.2. The number of hydrogen-bond acceptors (Lipinski definition) is 3. The van der Waals surface area contributed by atoms with E-state index >= 15 is 0 Å². The second-order valence-corrected chi connectivity index (χ2v) is 5.25. The van der Waals surface area contributed by atoms with Gasteiger partial charge in [0.05, 0.1) is 11.4 Å². The highest BCUT2D eigenvalue weighted by atomic mass is 19.2. The van der Waals surface area contributed by atoms with Gasteiger partial charge in [-0.2, -0.15) is 0 Å². The maximum absolute atomic E-state index is 13.3. The highest BCUT2D eigenvalue weighted by Crippen LogP contribution is 2.29. The highest BCUT2D eigenvalue weighted by molar-refractivity contribution is 5.99.